The Hall–Kier alpha value is -3.77. The second-order valence-electron chi connectivity index (χ2n) is 6.44. The summed E-state index contributed by atoms with van der Waals surface area (Å²) in [7, 11) is 0. The SMILES string of the molecule is O=C(Nc1ccc(Cl)cc1)c1ccc(Nc2ccnc(-c3ccc(F)cc3)n2)cc1. The van der Waals surface area contributed by atoms with Crippen LogP contribution in [0.3, 0.4) is 0 Å². The Bertz CT molecular complexity index is 1160. The highest BCUT2D eigenvalue weighted by Crippen LogP contribution is 2.20. The van der Waals surface area contributed by atoms with E-state index in [-0.39, 0.29) is 11.7 Å². The zero-order valence-electron chi connectivity index (χ0n) is 15.6. The Morgan fingerprint density at radius 1 is 0.833 bits per heavy atom. The van der Waals surface area contributed by atoms with Crippen molar-refractivity contribution in [2.24, 2.45) is 0 Å². The van der Waals surface area contributed by atoms with E-state index in [0.29, 0.717) is 33.5 Å². The predicted octanol–water partition coefficient (Wildman–Crippen LogP) is 5.93. The second kappa shape index (κ2) is 8.71. The maximum Gasteiger partial charge on any atom is 0.255 e. The molecule has 5 nitrogen and oxygen atoms in total. The van der Waals surface area contributed by atoms with E-state index in [0.717, 1.165) is 5.69 Å². The van der Waals surface area contributed by atoms with Crippen molar-refractivity contribution in [2.75, 3.05) is 10.6 Å². The molecule has 0 bridgehead atoms. The molecule has 1 aromatic heterocycles. The van der Waals surface area contributed by atoms with Crippen LogP contribution in [-0.2, 0) is 0 Å². The number of nitrogens with one attached hydrogen (secondary N) is 2. The molecule has 4 rings (SSSR count). The molecule has 0 aliphatic heterocycles. The van der Waals surface area contributed by atoms with Gasteiger partial charge in [0.2, 0.25) is 0 Å². The molecule has 1 amide bonds. The Labute approximate surface area is 177 Å². The molecule has 0 saturated heterocycles. The quantitative estimate of drug-likeness (QED) is 0.421. The number of nitrogens with zero attached hydrogens (tertiary/aromatic N) is 2. The number of carbonyl (C=O) groups is 1. The van der Waals surface area contributed by atoms with Crippen LogP contribution in [0, 0.1) is 5.82 Å². The van der Waals surface area contributed by atoms with Gasteiger partial charge in [-0.1, -0.05) is 11.6 Å². The summed E-state index contributed by atoms with van der Waals surface area (Å²) in [6, 6.07) is 21.6. The highest BCUT2D eigenvalue weighted by molar-refractivity contribution is 6.30. The molecule has 0 radical (unpaired) electrons. The van der Waals surface area contributed by atoms with Crippen molar-refractivity contribution < 1.29 is 9.18 Å². The highest BCUT2D eigenvalue weighted by Gasteiger charge is 2.07. The summed E-state index contributed by atoms with van der Waals surface area (Å²) < 4.78 is 13.1. The van der Waals surface area contributed by atoms with E-state index in [1.807, 2.05) is 0 Å². The fourth-order valence-electron chi connectivity index (χ4n) is 2.76. The van der Waals surface area contributed by atoms with E-state index >= 15 is 0 Å². The minimum atomic E-state index is -0.312. The lowest BCUT2D eigenvalue weighted by Crippen LogP contribution is -2.11. The maximum absolute atomic E-state index is 13.1. The Morgan fingerprint density at radius 3 is 2.20 bits per heavy atom. The first kappa shape index (κ1) is 19.5. The third-order valence-electron chi connectivity index (χ3n) is 4.28. The van der Waals surface area contributed by atoms with E-state index in [9.17, 15) is 9.18 Å². The molecule has 2 N–H and O–H groups in total. The van der Waals surface area contributed by atoms with Gasteiger partial charge >= 0.3 is 0 Å². The molecule has 30 heavy (non-hydrogen) atoms. The summed E-state index contributed by atoms with van der Waals surface area (Å²) in [5.74, 6) is 0.541. The van der Waals surface area contributed by atoms with Crippen molar-refractivity contribution in [3.63, 3.8) is 0 Å². The predicted molar refractivity (Wildman–Crippen MR) is 117 cm³/mol. The largest absolute Gasteiger partial charge is 0.340 e. The summed E-state index contributed by atoms with van der Waals surface area (Å²) >= 11 is 5.86. The molecule has 3 aromatic carbocycles. The summed E-state index contributed by atoms with van der Waals surface area (Å²) in [6.45, 7) is 0. The van der Waals surface area contributed by atoms with Crippen molar-refractivity contribution in [2.45, 2.75) is 0 Å². The molecular formula is C23H16ClFN4O. The molecule has 0 aliphatic rings. The lowest BCUT2D eigenvalue weighted by molar-refractivity contribution is 0.102. The van der Waals surface area contributed by atoms with Crippen molar-refractivity contribution >= 4 is 34.7 Å². The number of benzene rings is 3. The average Bonchev–Trinajstić information content (AvgIpc) is 2.76. The van der Waals surface area contributed by atoms with Gasteiger partial charge in [-0.3, -0.25) is 4.79 Å². The number of anilines is 3. The zero-order valence-corrected chi connectivity index (χ0v) is 16.4. The Kier molecular flexibility index (Phi) is 5.68. The van der Waals surface area contributed by atoms with Crippen molar-refractivity contribution in [1.29, 1.82) is 0 Å². The first-order valence-corrected chi connectivity index (χ1v) is 9.48. The van der Waals surface area contributed by atoms with Crippen LogP contribution in [0.25, 0.3) is 11.4 Å². The van der Waals surface area contributed by atoms with E-state index in [4.69, 9.17) is 11.6 Å². The topological polar surface area (TPSA) is 66.9 Å². The van der Waals surface area contributed by atoms with Crippen molar-refractivity contribution in [3.8, 4) is 11.4 Å². The Morgan fingerprint density at radius 2 is 1.50 bits per heavy atom. The smallest absolute Gasteiger partial charge is 0.255 e. The molecule has 0 unspecified atom stereocenters. The van der Waals surface area contributed by atoms with E-state index in [1.165, 1.54) is 12.1 Å². The number of aromatic nitrogens is 2. The summed E-state index contributed by atoms with van der Waals surface area (Å²) in [5.41, 5.74) is 2.67. The minimum absolute atomic E-state index is 0.218. The van der Waals surface area contributed by atoms with Gasteiger partial charge in [0.1, 0.15) is 11.6 Å². The van der Waals surface area contributed by atoms with Crippen molar-refractivity contribution in [1.82, 2.24) is 9.97 Å². The molecule has 148 valence electrons. The van der Waals surface area contributed by atoms with Gasteiger partial charge in [-0.25, -0.2) is 14.4 Å². The van der Waals surface area contributed by atoms with Gasteiger partial charge in [0, 0.05) is 33.7 Å². The summed E-state index contributed by atoms with van der Waals surface area (Å²) in [4.78, 5) is 21.1. The molecule has 0 saturated carbocycles. The molecule has 1 heterocycles. The molecule has 0 spiro atoms. The monoisotopic (exact) mass is 418 g/mol. The maximum atomic E-state index is 13.1. The lowest BCUT2D eigenvalue weighted by Gasteiger charge is -2.09. The fourth-order valence-corrected chi connectivity index (χ4v) is 2.88. The lowest BCUT2D eigenvalue weighted by atomic mass is 10.2. The molecule has 0 fully saturated rings. The third-order valence-corrected chi connectivity index (χ3v) is 4.53. The fraction of sp³-hybridized carbons (Fsp3) is 0. The number of halogens is 2. The van der Waals surface area contributed by atoms with E-state index in [2.05, 4.69) is 20.6 Å². The first-order chi connectivity index (χ1) is 14.6. The first-order valence-electron chi connectivity index (χ1n) is 9.10. The van der Waals surface area contributed by atoms with Crippen LogP contribution in [0.1, 0.15) is 10.4 Å². The molecular weight excluding hydrogens is 403 g/mol. The number of carbonyl (C=O) groups excluding carboxylic acids is 1. The van der Waals surface area contributed by atoms with Crippen molar-refractivity contribution in [3.05, 3.63) is 101 Å². The number of hydrogen-bond donors (Lipinski definition) is 2. The summed E-state index contributed by atoms with van der Waals surface area (Å²) in [5, 5.41) is 6.60. The van der Waals surface area contributed by atoms with Crippen LogP contribution in [0.4, 0.5) is 21.6 Å². The van der Waals surface area contributed by atoms with Gasteiger partial charge in [0.25, 0.3) is 5.91 Å². The number of rotatable bonds is 5. The molecule has 0 aliphatic carbocycles. The molecule has 4 aromatic rings. The minimum Gasteiger partial charge on any atom is -0.340 e. The van der Waals surface area contributed by atoms with Gasteiger partial charge in [-0.2, -0.15) is 0 Å². The van der Waals surface area contributed by atoms with Crippen LogP contribution in [-0.4, -0.2) is 15.9 Å². The zero-order chi connectivity index (χ0) is 20.9. The van der Waals surface area contributed by atoms with Crippen LogP contribution >= 0.6 is 11.6 Å². The standard InChI is InChI=1S/C23H16ClFN4O/c24-17-5-11-20(12-6-17)28-23(30)16-3-9-19(10-4-16)27-21-13-14-26-22(29-21)15-1-7-18(25)8-2-15/h1-14H,(H,28,30)(H,26,27,29). The second-order valence-corrected chi connectivity index (χ2v) is 6.87. The highest BCUT2D eigenvalue weighted by atomic mass is 35.5. The Balaban J connectivity index is 1.44. The van der Waals surface area contributed by atoms with Gasteiger partial charge in [0.05, 0.1) is 0 Å². The van der Waals surface area contributed by atoms with Crippen LogP contribution in [0.2, 0.25) is 5.02 Å². The number of amides is 1. The van der Waals surface area contributed by atoms with Crippen LogP contribution in [0.5, 0.6) is 0 Å². The van der Waals surface area contributed by atoms with E-state index < -0.39 is 0 Å². The van der Waals surface area contributed by atoms with Crippen LogP contribution in [0.15, 0.2) is 85.1 Å². The number of hydrogen-bond acceptors (Lipinski definition) is 4. The normalized spacial score (nSPS) is 10.5. The van der Waals surface area contributed by atoms with Gasteiger partial charge < -0.3 is 10.6 Å². The van der Waals surface area contributed by atoms with Gasteiger partial charge in [-0.15, -0.1) is 0 Å². The van der Waals surface area contributed by atoms with Crippen LogP contribution < -0.4 is 10.6 Å². The molecule has 0 atom stereocenters. The van der Waals surface area contributed by atoms with Gasteiger partial charge in [-0.05, 0) is 78.9 Å². The average molecular weight is 419 g/mol. The van der Waals surface area contributed by atoms with Gasteiger partial charge in [0.15, 0.2) is 5.82 Å². The third kappa shape index (κ3) is 4.79. The summed E-state index contributed by atoms with van der Waals surface area (Å²) in [6.07, 6.45) is 1.63. The molecule has 7 heteroatoms. The van der Waals surface area contributed by atoms with E-state index in [1.54, 1.807) is 72.9 Å².